The van der Waals surface area contributed by atoms with Crippen molar-refractivity contribution in [2.75, 3.05) is 5.32 Å². The molecule has 3 aromatic rings. The van der Waals surface area contributed by atoms with Gasteiger partial charge in [-0.2, -0.15) is 5.10 Å². The van der Waals surface area contributed by atoms with Gasteiger partial charge in [-0.1, -0.05) is 41.9 Å². The second kappa shape index (κ2) is 7.53. The van der Waals surface area contributed by atoms with E-state index in [1.165, 1.54) is 11.1 Å². The predicted molar refractivity (Wildman–Crippen MR) is 101 cm³/mol. The number of carbonyl (C=O) groups excluding carboxylic acids is 1. The van der Waals surface area contributed by atoms with Crippen LogP contribution in [0.4, 0.5) is 5.82 Å². The maximum absolute atomic E-state index is 12.4. The number of aromatic nitrogens is 2. The highest BCUT2D eigenvalue weighted by atomic mass is 35.5. The summed E-state index contributed by atoms with van der Waals surface area (Å²) in [6.45, 7) is 4.66. The van der Waals surface area contributed by atoms with Gasteiger partial charge in [0.15, 0.2) is 0 Å². The van der Waals surface area contributed by atoms with Crippen LogP contribution in [0.15, 0.2) is 54.7 Å². The molecule has 0 fully saturated rings. The molecule has 0 aliphatic carbocycles. The van der Waals surface area contributed by atoms with Gasteiger partial charge in [0.05, 0.1) is 19.2 Å². The van der Waals surface area contributed by atoms with Crippen LogP contribution in [-0.4, -0.2) is 15.7 Å². The maximum Gasteiger partial charge on any atom is 0.229 e. The van der Waals surface area contributed by atoms with Crippen LogP contribution in [0.5, 0.6) is 0 Å². The molecule has 0 atom stereocenters. The largest absolute Gasteiger partial charge is 0.311 e. The van der Waals surface area contributed by atoms with Crippen molar-refractivity contribution in [3.63, 3.8) is 0 Å². The van der Waals surface area contributed by atoms with Gasteiger partial charge in [-0.25, -0.2) is 4.68 Å². The van der Waals surface area contributed by atoms with Gasteiger partial charge in [-0.05, 0) is 48.2 Å². The third-order valence-electron chi connectivity index (χ3n) is 4.14. The number of rotatable bonds is 5. The van der Waals surface area contributed by atoms with Crippen molar-refractivity contribution in [2.45, 2.75) is 26.8 Å². The van der Waals surface area contributed by atoms with Gasteiger partial charge >= 0.3 is 0 Å². The lowest BCUT2D eigenvalue weighted by Gasteiger charge is -2.10. The maximum atomic E-state index is 12.4. The summed E-state index contributed by atoms with van der Waals surface area (Å²) in [6, 6.07) is 15.5. The van der Waals surface area contributed by atoms with E-state index >= 15 is 0 Å². The SMILES string of the molecule is Cc1ccc(CC(=O)Nc2ccnn2Cc2cccc(Cl)c2)cc1C. The zero-order chi connectivity index (χ0) is 17.8. The molecule has 0 aliphatic rings. The molecule has 0 spiro atoms. The summed E-state index contributed by atoms with van der Waals surface area (Å²) in [4.78, 5) is 12.4. The minimum absolute atomic E-state index is 0.0592. The van der Waals surface area contributed by atoms with Crippen LogP contribution < -0.4 is 5.32 Å². The minimum atomic E-state index is -0.0592. The second-order valence-corrected chi connectivity index (χ2v) is 6.58. The number of anilines is 1. The Kier molecular flexibility index (Phi) is 5.19. The smallest absolute Gasteiger partial charge is 0.229 e. The second-order valence-electron chi connectivity index (χ2n) is 6.15. The van der Waals surface area contributed by atoms with Crippen molar-refractivity contribution in [3.05, 3.63) is 82.0 Å². The zero-order valence-corrected chi connectivity index (χ0v) is 15.0. The van der Waals surface area contributed by atoms with E-state index in [9.17, 15) is 4.79 Å². The monoisotopic (exact) mass is 353 g/mol. The van der Waals surface area contributed by atoms with Crippen molar-refractivity contribution >= 4 is 23.3 Å². The first-order valence-corrected chi connectivity index (χ1v) is 8.51. The van der Waals surface area contributed by atoms with Crippen LogP contribution in [0.2, 0.25) is 5.02 Å². The summed E-state index contributed by atoms with van der Waals surface area (Å²) in [5, 5.41) is 7.91. The van der Waals surface area contributed by atoms with Crippen molar-refractivity contribution in [1.29, 1.82) is 0 Å². The third-order valence-corrected chi connectivity index (χ3v) is 4.38. The number of benzene rings is 2. The highest BCUT2D eigenvalue weighted by Gasteiger charge is 2.09. The van der Waals surface area contributed by atoms with Crippen molar-refractivity contribution < 1.29 is 4.79 Å². The molecule has 3 rings (SSSR count). The Morgan fingerprint density at radius 2 is 1.92 bits per heavy atom. The van der Waals surface area contributed by atoms with Gasteiger partial charge in [0.1, 0.15) is 5.82 Å². The van der Waals surface area contributed by atoms with Gasteiger partial charge in [0.2, 0.25) is 5.91 Å². The Hall–Kier alpha value is -2.59. The molecule has 1 N–H and O–H groups in total. The number of hydrogen-bond donors (Lipinski definition) is 1. The lowest BCUT2D eigenvalue weighted by Crippen LogP contribution is -2.18. The molecule has 1 heterocycles. The number of hydrogen-bond acceptors (Lipinski definition) is 2. The van der Waals surface area contributed by atoms with Crippen molar-refractivity contribution in [1.82, 2.24) is 9.78 Å². The van der Waals surface area contributed by atoms with Gasteiger partial charge in [0.25, 0.3) is 0 Å². The molecule has 4 nitrogen and oxygen atoms in total. The Bertz CT molecular complexity index is 901. The van der Waals surface area contributed by atoms with E-state index in [4.69, 9.17) is 11.6 Å². The molecule has 0 bridgehead atoms. The van der Waals surface area contributed by atoms with E-state index in [1.807, 2.05) is 36.4 Å². The molecule has 1 amide bonds. The fourth-order valence-corrected chi connectivity index (χ4v) is 2.87. The first-order chi connectivity index (χ1) is 12.0. The van der Waals surface area contributed by atoms with Crippen molar-refractivity contribution in [2.24, 2.45) is 0 Å². The van der Waals surface area contributed by atoms with E-state index in [-0.39, 0.29) is 5.91 Å². The number of carbonyl (C=O) groups is 1. The lowest BCUT2D eigenvalue weighted by molar-refractivity contribution is -0.115. The molecule has 0 saturated carbocycles. The van der Waals surface area contributed by atoms with Crippen molar-refractivity contribution in [3.8, 4) is 0 Å². The molecule has 0 aliphatic heterocycles. The van der Waals surface area contributed by atoms with Gasteiger partial charge in [-0.15, -0.1) is 0 Å². The molecule has 0 radical (unpaired) electrons. The Balaban J connectivity index is 1.68. The first-order valence-electron chi connectivity index (χ1n) is 8.13. The van der Waals surface area contributed by atoms with E-state index in [0.29, 0.717) is 23.8 Å². The predicted octanol–water partition coefficient (Wildman–Crippen LogP) is 4.38. The zero-order valence-electron chi connectivity index (χ0n) is 14.3. The van der Waals surface area contributed by atoms with Crippen LogP contribution in [0.3, 0.4) is 0 Å². The van der Waals surface area contributed by atoms with E-state index in [2.05, 4.69) is 30.3 Å². The summed E-state index contributed by atoms with van der Waals surface area (Å²) in [6.07, 6.45) is 2.01. The fourth-order valence-electron chi connectivity index (χ4n) is 2.66. The quantitative estimate of drug-likeness (QED) is 0.739. The van der Waals surface area contributed by atoms with Crippen LogP contribution in [0.1, 0.15) is 22.3 Å². The van der Waals surface area contributed by atoms with Crippen LogP contribution >= 0.6 is 11.6 Å². The highest BCUT2D eigenvalue weighted by molar-refractivity contribution is 6.30. The van der Waals surface area contributed by atoms with Gasteiger partial charge in [-0.3, -0.25) is 4.79 Å². The average Bonchev–Trinajstić information content (AvgIpc) is 2.98. The number of amides is 1. The third kappa shape index (κ3) is 4.48. The molecule has 128 valence electrons. The first kappa shape index (κ1) is 17.2. The van der Waals surface area contributed by atoms with Gasteiger partial charge < -0.3 is 5.32 Å². The highest BCUT2D eigenvalue weighted by Crippen LogP contribution is 2.15. The average molecular weight is 354 g/mol. The molecule has 2 aromatic carbocycles. The number of aryl methyl sites for hydroxylation is 2. The molecular formula is C20H20ClN3O. The lowest BCUT2D eigenvalue weighted by atomic mass is 10.0. The summed E-state index contributed by atoms with van der Waals surface area (Å²) in [7, 11) is 0. The van der Waals surface area contributed by atoms with E-state index in [1.54, 1.807) is 16.9 Å². The van der Waals surface area contributed by atoms with Crippen LogP contribution in [0.25, 0.3) is 0 Å². The molecule has 0 saturated heterocycles. The summed E-state index contributed by atoms with van der Waals surface area (Å²) in [5.41, 5.74) is 4.45. The van der Waals surface area contributed by atoms with Gasteiger partial charge in [0, 0.05) is 11.1 Å². The number of nitrogens with one attached hydrogen (secondary N) is 1. The molecular weight excluding hydrogens is 334 g/mol. The van der Waals surface area contributed by atoms with E-state index in [0.717, 1.165) is 11.1 Å². The fraction of sp³-hybridized carbons (Fsp3) is 0.200. The van der Waals surface area contributed by atoms with E-state index < -0.39 is 0 Å². The Morgan fingerprint density at radius 1 is 1.08 bits per heavy atom. The molecule has 5 heteroatoms. The summed E-state index contributed by atoms with van der Waals surface area (Å²) < 4.78 is 1.75. The normalized spacial score (nSPS) is 10.7. The standard InChI is InChI=1S/C20H20ClN3O/c1-14-6-7-16(10-15(14)2)12-20(25)23-19-8-9-22-24(19)13-17-4-3-5-18(21)11-17/h3-11H,12-13H2,1-2H3,(H,23,25). The Labute approximate surface area is 152 Å². The number of nitrogens with zero attached hydrogens (tertiary/aromatic N) is 2. The number of halogens is 1. The van der Waals surface area contributed by atoms with Crippen LogP contribution in [-0.2, 0) is 17.8 Å². The molecule has 0 unspecified atom stereocenters. The Morgan fingerprint density at radius 3 is 2.68 bits per heavy atom. The summed E-state index contributed by atoms with van der Waals surface area (Å²) in [5.74, 6) is 0.616. The van der Waals surface area contributed by atoms with Crippen LogP contribution in [0, 0.1) is 13.8 Å². The molecule has 1 aromatic heterocycles. The topological polar surface area (TPSA) is 46.9 Å². The molecule has 25 heavy (non-hydrogen) atoms. The summed E-state index contributed by atoms with van der Waals surface area (Å²) >= 11 is 6.02. The minimum Gasteiger partial charge on any atom is -0.311 e.